The quantitative estimate of drug-likeness (QED) is 0.0384. The first-order valence-electron chi connectivity index (χ1n) is 23.9. The fourth-order valence-electron chi connectivity index (χ4n) is 8.63. The van der Waals surface area contributed by atoms with Gasteiger partial charge in [-0.1, -0.05) is 197 Å². The van der Waals surface area contributed by atoms with E-state index in [-0.39, 0.29) is 0 Å². The summed E-state index contributed by atoms with van der Waals surface area (Å²) in [5.74, 6) is 0. The lowest BCUT2D eigenvalue weighted by atomic mass is 9.94. The number of benzene rings is 4. The molecule has 4 aromatic carbocycles. The Hall–Kier alpha value is -3.52. The molecule has 0 heterocycles. The second-order valence-corrected chi connectivity index (χ2v) is 17.5. The molecule has 0 aliphatic heterocycles. The molecule has 0 spiro atoms. The Morgan fingerprint density at radius 3 is 0.895 bits per heavy atom. The van der Waals surface area contributed by atoms with E-state index < -0.39 is 0 Å². The summed E-state index contributed by atoms with van der Waals surface area (Å²) in [6.07, 6.45) is 37.9. The zero-order valence-corrected chi connectivity index (χ0v) is 36.7. The van der Waals surface area contributed by atoms with Crippen LogP contribution in [0.3, 0.4) is 0 Å². The minimum absolute atomic E-state index is 0.897. The summed E-state index contributed by atoms with van der Waals surface area (Å²) < 4.78 is 0. The van der Waals surface area contributed by atoms with Gasteiger partial charge in [-0.25, -0.2) is 0 Å². The number of hydrogen-bond acceptors (Lipinski definition) is 2. The Labute approximate surface area is 351 Å². The van der Waals surface area contributed by atoms with Gasteiger partial charge in [-0.3, -0.25) is 0 Å². The van der Waals surface area contributed by atoms with Crippen LogP contribution in [0.4, 0.5) is 11.4 Å². The highest BCUT2D eigenvalue weighted by Crippen LogP contribution is 2.23. The van der Waals surface area contributed by atoms with Crippen molar-refractivity contribution >= 4 is 11.4 Å². The van der Waals surface area contributed by atoms with Crippen LogP contribution in [0.25, 0.3) is 0 Å². The van der Waals surface area contributed by atoms with Gasteiger partial charge in [-0.15, -0.1) is 0 Å². The zero-order chi connectivity index (χ0) is 40.2. The number of aryl methyl sites for hydroxylation is 4. The molecule has 0 aliphatic rings. The van der Waals surface area contributed by atoms with Gasteiger partial charge in [0.15, 0.2) is 0 Å². The molecule has 2 nitrogen and oxygen atoms in total. The Morgan fingerprint density at radius 1 is 0.281 bits per heavy atom. The van der Waals surface area contributed by atoms with Crippen molar-refractivity contribution in [1.29, 1.82) is 0 Å². The average Bonchev–Trinajstić information content (AvgIpc) is 3.22. The SMILES string of the molecule is CCCCCCCCc1cc(N)ccc1Cc1ccc(CCCCCCCCCCCCCc2ccc(Cc3ccc(N)cc3CCCCCCCC)cc2)cc1. The first-order chi connectivity index (χ1) is 28.0. The summed E-state index contributed by atoms with van der Waals surface area (Å²) in [4.78, 5) is 0. The molecule has 0 amide bonds. The Bertz CT molecular complexity index is 1480. The van der Waals surface area contributed by atoms with E-state index in [1.54, 1.807) is 0 Å². The topological polar surface area (TPSA) is 52.0 Å². The van der Waals surface area contributed by atoms with E-state index in [0.717, 1.165) is 37.1 Å². The van der Waals surface area contributed by atoms with Crippen LogP contribution < -0.4 is 11.5 Å². The molecule has 0 saturated heterocycles. The highest BCUT2D eigenvalue weighted by molar-refractivity contribution is 5.47. The van der Waals surface area contributed by atoms with E-state index in [1.165, 1.54) is 205 Å². The van der Waals surface area contributed by atoms with Gasteiger partial charge in [0.2, 0.25) is 0 Å². The summed E-state index contributed by atoms with van der Waals surface area (Å²) in [5.41, 5.74) is 25.7. The van der Waals surface area contributed by atoms with Gasteiger partial charge >= 0.3 is 0 Å². The van der Waals surface area contributed by atoms with Gasteiger partial charge in [-0.2, -0.15) is 0 Å². The largest absolute Gasteiger partial charge is 0.399 e. The molecule has 0 fully saturated rings. The van der Waals surface area contributed by atoms with E-state index in [2.05, 4.69) is 98.8 Å². The average molecular weight is 771 g/mol. The highest BCUT2D eigenvalue weighted by atomic mass is 14.5. The number of hydrogen-bond donors (Lipinski definition) is 2. The molecule has 0 bridgehead atoms. The number of rotatable bonds is 32. The summed E-state index contributed by atoms with van der Waals surface area (Å²) >= 11 is 0. The van der Waals surface area contributed by atoms with Crippen molar-refractivity contribution in [2.75, 3.05) is 11.5 Å². The van der Waals surface area contributed by atoms with Crippen LogP contribution in [0.1, 0.15) is 206 Å². The molecule has 4 aromatic rings. The monoisotopic (exact) mass is 771 g/mol. The number of nitrogen functional groups attached to an aromatic ring is 2. The molecule has 0 radical (unpaired) electrons. The van der Waals surface area contributed by atoms with Crippen LogP contribution in [0, 0.1) is 0 Å². The van der Waals surface area contributed by atoms with E-state index in [1.807, 2.05) is 0 Å². The number of unbranched alkanes of at least 4 members (excludes halogenated alkanes) is 20. The van der Waals surface area contributed by atoms with E-state index in [9.17, 15) is 0 Å². The number of anilines is 2. The maximum Gasteiger partial charge on any atom is 0.0316 e. The predicted molar refractivity (Wildman–Crippen MR) is 253 cm³/mol. The summed E-state index contributed by atoms with van der Waals surface area (Å²) in [5, 5.41) is 0. The maximum atomic E-state index is 6.18. The fraction of sp³-hybridized carbons (Fsp3) is 0.564. The van der Waals surface area contributed by atoms with Crippen LogP contribution in [0.15, 0.2) is 84.9 Å². The highest BCUT2D eigenvalue weighted by Gasteiger charge is 2.08. The third-order valence-electron chi connectivity index (χ3n) is 12.3. The van der Waals surface area contributed by atoms with Gasteiger partial charge in [0, 0.05) is 11.4 Å². The minimum atomic E-state index is 0.897. The summed E-state index contributed by atoms with van der Waals surface area (Å²) in [6, 6.07) is 32.0. The van der Waals surface area contributed by atoms with Crippen LogP contribution in [0.2, 0.25) is 0 Å². The lowest BCUT2D eigenvalue weighted by Crippen LogP contribution is -1.99. The Morgan fingerprint density at radius 2 is 0.561 bits per heavy atom. The molecule has 0 unspecified atom stereocenters. The Kier molecular flexibility index (Phi) is 23.3. The lowest BCUT2D eigenvalue weighted by Gasteiger charge is -2.12. The van der Waals surface area contributed by atoms with Crippen molar-refractivity contribution in [2.45, 2.75) is 200 Å². The molecule has 312 valence electrons. The zero-order valence-electron chi connectivity index (χ0n) is 36.7. The van der Waals surface area contributed by atoms with Crippen molar-refractivity contribution < 1.29 is 0 Å². The molecule has 4 rings (SSSR count). The first-order valence-corrected chi connectivity index (χ1v) is 23.9. The van der Waals surface area contributed by atoms with Gasteiger partial charge in [-0.05, 0) is 133 Å². The second-order valence-electron chi connectivity index (χ2n) is 17.5. The van der Waals surface area contributed by atoms with Gasteiger partial charge in [0.1, 0.15) is 0 Å². The predicted octanol–water partition coefficient (Wildman–Crippen LogP) is 15.9. The molecule has 0 atom stereocenters. The van der Waals surface area contributed by atoms with Gasteiger partial charge in [0.05, 0.1) is 0 Å². The van der Waals surface area contributed by atoms with E-state index >= 15 is 0 Å². The standard InChI is InChI=1S/C55H82N2/c1-3-5-7-9-20-24-28-50-44-54(56)40-38-52(50)42-48-34-30-46(31-35-48)26-22-18-16-14-12-11-13-15-17-19-23-27-47-32-36-49(37-33-47)43-53-39-41-55(57)45-51(53)29-25-21-10-8-6-4-2/h30-41,44-45H,3-29,42-43,56-57H2,1-2H3. The van der Waals surface area contributed by atoms with E-state index in [4.69, 9.17) is 11.5 Å². The van der Waals surface area contributed by atoms with Crippen molar-refractivity contribution in [1.82, 2.24) is 0 Å². The molecule has 4 N–H and O–H groups in total. The third kappa shape index (κ3) is 19.7. The fourth-order valence-corrected chi connectivity index (χ4v) is 8.63. The normalized spacial score (nSPS) is 11.4. The van der Waals surface area contributed by atoms with Gasteiger partial charge in [0.25, 0.3) is 0 Å². The van der Waals surface area contributed by atoms with Crippen molar-refractivity contribution in [3.63, 3.8) is 0 Å². The number of nitrogens with two attached hydrogens (primary N) is 2. The summed E-state index contributed by atoms with van der Waals surface area (Å²) in [7, 11) is 0. The van der Waals surface area contributed by atoms with E-state index in [0.29, 0.717) is 0 Å². The maximum absolute atomic E-state index is 6.18. The second kappa shape index (κ2) is 28.8. The molecule has 57 heavy (non-hydrogen) atoms. The van der Waals surface area contributed by atoms with Crippen LogP contribution in [0.5, 0.6) is 0 Å². The first kappa shape index (κ1) is 46.2. The van der Waals surface area contributed by atoms with Crippen LogP contribution in [-0.2, 0) is 38.5 Å². The smallest absolute Gasteiger partial charge is 0.0316 e. The molecular formula is C55H82N2. The molecule has 0 aliphatic carbocycles. The molecular weight excluding hydrogens is 689 g/mol. The van der Waals surface area contributed by atoms with Gasteiger partial charge < -0.3 is 11.5 Å². The lowest BCUT2D eigenvalue weighted by molar-refractivity contribution is 0.545. The molecule has 2 heteroatoms. The Balaban J connectivity index is 0.990. The molecule has 0 aromatic heterocycles. The van der Waals surface area contributed by atoms with Crippen LogP contribution in [-0.4, -0.2) is 0 Å². The molecule has 0 saturated carbocycles. The van der Waals surface area contributed by atoms with Crippen molar-refractivity contribution in [3.8, 4) is 0 Å². The third-order valence-corrected chi connectivity index (χ3v) is 12.3. The minimum Gasteiger partial charge on any atom is -0.399 e. The summed E-state index contributed by atoms with van der Waals surface area (Å²) in [6.45, 7) is 4.57. The van der Waals surface area contributed by atoms with Crippen molar-refractivity contribution in [2.24, 2.45) is 0 Å². The van der Waals surface area contributed by atoms with Crippen molar-refractivity contribution in [3.05, 3.63) is 129 Å². The van der Waals surface area contributed by atoms with Crippen LogP contribution >= 0.6 is 0 Å².